The molecule has 0 spiro atoms. The van der Waals surface area contributed by atoms with Gasteiger partial charge in [0, 0.05) is 0 Å². The molecule has 0 radical (unpaired) electrons. The molecule has 1 amide bonds. The van der Waals surface area contributed by atoms with Crippen LogP contribution >= 0.6 is 0 Å². The Morgan fingerprint density at radius 3 is 2.42 bits per heavy atom. The summed E-state index contributed by atoms with van der Waals surface area (Å²) in [5, 5.41) is 0. The Morgan fingerprint density at radius 1 is 1.05 bits per heavy atom. The maximum absolute atomic E-state index is 11.4. The van der Waals surface area contributed by atoms with E-state index in [1.807, 2.05) is 32.9 Å². The highest BCUT2D eigenvalue weighted by Crippen LogP contribution is 2.30. The molecular formula is C16H17NO2. The SMILES string of the molecule is Cc1cc(C)c(C)c(Oc2ccccc2C(N)=O)c1. The molecule has 0 bridgehead atoms. The third kappa shape index (κ3) is 2.76. The van der Waals surface area contributed by atoms with Crippen LogP contribution in [-0.2, 0) is 0 Å². The van der Waals surface area contributed by atoms with Crippen LogP contribution in [0.1, 0.15) is 27.0 Å². The molecule has 3 heteroatoms. The van der Waals surface area contributed by atoms with Crippen molar-refractivity contribution in [3.8, 4) is 11.5 Å². The lowest BCUT2D eigenvalue weighted by Gasteiger charge is -2.13. The molecular weight excluding hydrogens is 238 g/mol. The van der Waals surface area contributed by atoms with Crippen molar-refractivity contribution in [3.05, 3.63) is 58.7 Å². The topological polar surface area (TPSA) is 52.3 Å². The molecule has 2 aromatic carbocycles. The van der Waals surface area contributed by atoms with Crippen molar-refractivity contribution in [1.29, 1.82) is 0 Å². The summed E-state index contributed by atoms with van der Waals surface area (Å²) in [4.78, 5) is 11.4. The van der Waals surface area contributed by atoms with E-state index < -0.39 is 5.91 Å². The maximum atomic E-state index is 11.4. The summed E-state index contributed by atoms with van der Waals surface area (Å²) in [5.74, 6) is 0.756. The smallest absolute Gasteiger partial charge is 0.252 e. The van der Waals surface area contributed by atoms with E-state index in [0.717, 1.165) is 22.4 Å². The van der Waals surface area contributed by atoms with Crippen LogP contribution in [0.15, 0.2) is 36.4 Å². The monoisotopic (exact) mass is 255 g/mol. The fourth-order valence-corrected chi connectivity index (χ4v) is 1.98. The number of carbonyl (C=O) groups excluding carboxylic acids is 1. The number of rotatable bonds is 3. The van der Waals surface area contributed by atoms with Crippen molar-refractivity contribution in [2.24, 2.45) is 5.73 Å². The molecule has 0 saturated carbocycles. The molecule has 0 saturated heterocycles. The van der Waals surface area contributed by atoms with Crippen molar-refractivity contribution >= 4 is 5.91 Å². The summed E-state index contributed by atoms with van der Waals surface area (Å²) >= 11 is 0. The Bertz CT molecular complexity index is 633. The third-order valence-electron chi connectivity index (χ3n) is 3.14. The fourth-order valence-electron chi connectivity index (χ4n) is 1.98. The third-order valence-corrected chi connectivity index (χ3v) is 3.14. The average Bonchev–Trinajstić information content (AvgIpc) is 2.35. The maximum Gasteiger partial charge on any atom is 0.252 e. The van der Waals surface area contributed by atoms with Gasteiger partial charge in [0.15, 0.2) is 0 Å². The lowest BCUT2D eigenvalue weighted by atomic mass is 10.1. The second kappa shape index (κ2) is 5.14. The van der Waals surface area contributed by atoms with Crippen molar-refractivity contribution in [2.45, 2.75) is 20.8 Å². The van der Waals surface area contributed by atoms with Crippen molar-refractivity contribution < 1.29 is 9.53 Å². The Hall–Kier alpha value is -2.29. The Morgan fingerprint density at radius 2 is 1.74 bits per heavy atom. The van der Waals surface area contributed by atoms with E-state index in [4.69, 9.17) is 10.5 Å². The molecule has 0 aliphatic heterocycles. The van der Waals surface area contributed by atoms with Gasteiger partial charge in [-0.15, -0.1) is 0 Å². The molecule has 2 N–H and O–H groups in total. The zero-order chi connectivity index (χ0) is 14.0. The summed E-state index contributed by atoms with van der Waals surface area (Å²) in [6, 6.07) is 11.1. The number of benzene rings is 2. The molecule has 0 aliphatic rings. The van der Waals surface area contributed by atoms with Gasteiger partial charge in [0.2, 0.25) is 0 Å². The normalized spacial score (nSPS) is 10.3. The standard InChI is InChI=1S/C16H17NO2/c1-10-8-11(2)12(3)15(9-10)19-14-7-5-4-6-13(14)16(17)18/h4-9H,1-3H3,(H2,17,18). The zero-order valence-electron chi connectivity index (χ0n) is 11.4. The van der Waals surface area contributed by atoms with Gasteiger partial charge in [0.1, 0.15) is 11.5 Å². The number of amides is 1. The Balaban J connectivity index is 2.45. The van der Waals surface area contributed by atoms with E-state index in [1.165, 1.54) is 0 Å². The van der Waals surface area contributed by atoms with Crippen LogP contribution in [0.2, 0.25) is 0 Å². The van der Waals surface area contributed by atoms with Gasteiger partial charge < -0.3 is 10.5 Å². The van der Waals surface area contributed by atoms with Crippen LogP contribution in [0.3, 0.4) is 0 Å². The van der Waals surface area contributed by atoms with Gasteiger partial charge in [0.05, 0.1) is 5.56 Å². The number of ether oxygens (including phenoxy) is 1. The zero-order valence-corrected chi connectivity index (χ0v) is 11.4. The van der Waals surface area contributed by atoms with E-state index in [0.29, 0.717) is 11.3 Å². The van der Waals surface area contributed by atoms with Crippen molar-refractivity contribution in [2.75, 3.05) is 0 Å². The summed E-state index contributed by atoms with van der Waals surface area (Å²) in [5.41, 5.74) is 9.08. The predicted molar refractivity (Wildman–Crippen MR) is 75.7 cm³/mol. The first kappa shape index (κ1) is 13.1. The predicted octanol–water partition coefficient (Wildman–Crippen LogP) is 3.50. The molecule has 98 valence electrons. The van der Waals surface area contributed by atoms with Crippen LogP contribution < -0.4 is 10.5 Å². The minimum atomic E-state index is -0.488. The highest BCUT2D eigenvalue weighted by molar-refractivity contribution is 5.95. The van der Waals surface area contributed by atoms with Gasteiger partial charge in [0.25, 0.3) is 5.91 Å². The molecule has 0 aliphatic carbocycles. The first-order valence-electron chi connectivity index (χ1n) is 6.13. The minimum absolute atomic E-state index is 0.390. The van der Waals surface area contributed by atoms with E-state index in [9.17, 15) is 4.79 Å². The highest BCUT2D eigenvalue weighted by Gasteiger charge is 2.11. The van der Waals surface area contributed by atoms with E-state index in [2.05, 4.69) is 6.07 Å². The number of primary amides is 1. The van der Waals surface area contributed by atoms with Crippen LogP contribution in [0.25, 0.3) is 0 Å². The molecule has 2 rings (SSSR count). The number of aryl methyl sites for hydroxylation is 2. The van der Waals surface area contributed by atoms with Gasteiger partial charge in [-0.2, -0.15) is 0 Å². The number of hydrogen-bond donors (Lipinski definition) is 1. The number of hydrogen-bond acceptors (Lipinski definition) is 2. The lowest BCUT2D eigenvalue weighted by Crippen LogP contribution is -2.12. The molecule has 0 atom stereocenters. The van der Waals surface area contributed by atoms with Crippen LogP contribution in [0, 0.1) is 20.8 Å². The second-order valence-electron chi connectivity index (χ2n) is 4.67. The van der Waals surface area contributed by atoms with Gasteiger partial charge in [-0.1, -0.05) is 18.2 Å². The second-order valence-corrected chi connectivity index (χ2v) is 4.67. The minimum Gasteiger partial charge on any atom is -0.456 e. The average molecular weight is 255 g/mol. The summed E-state index contributed by atoms with van der Waals surface area (Å²) in [7, 11) is 0. The van der Waals surface area contributed by atoms with Crippen molar-refractivity contribution in [1.82, 2.24) is 0 Å². The van der Waals surface area contributed by atoms with E-state index >= 15 is 0 Å². The van der Waals surface area contributed by atoms with Crippen LogP contribution in [-0.4, -0.2) is 5.91 Å². The van der Waals surface area contributed by atoms with Gasteiger partial charge in [-0.05, 0) is 55.7 Å². The first-order valence-corrected chi connectivity index (χ1v) is 6.13. The van der Waals surface area contributed by atoms with Crippen molar-refractivity contribution in [3.63, 3.8) is 0 Å². The molecule has 0 aromatic heterocycles. The molecule has 0 fully saturated rings. The van der Waals surface area contributed by atoms with Gasteiger partial charge >= 0.3 is 0 Å². The summed E-state index contributed by atoms with van der Waals surface area (Å²) in [6.07, 6.45) is 0. The molecule has 19 heavy (non-hydrogen) atoms. The lowest BCUT2D eigenvalue weighted by molar-refractivity contribution is 0.0998. The molecule has 0 unspecified atom stereocenters. The Labute approximate surface area is 113 Å². The molecule has 3 nitrogen and oxygen atoms in total. The van der Waals surface area contributed by atoms with E-state index in [-0.39, 0.29) is 0 Å². The molecule has 0 heterocycles. The highest BCUT2D eigenvalue weighted by atomic mass is 16.5. The van der Waals surface area contributed by atoms with E-state index in [1.54, 1.807) is 18.2 Å². The van der Waals surface area contributed by atoms with Crippen LogP contribution in [0.4, 0.5) is 0 Å². The summed E-state index contributed by atoms with van der Waals surface area (Å²) < 4.78 is 5.86. The fraction of sp³-hybridized carbons (Fsp3) is 0.188. The van der Waals surface area contributed by atoms with Gasteiger partial charge in [-0.3, -0.25) is 4.79 Å². The first-order chi connectivity index (χ1) is 8.99. The van der Waals surface area contributed by atoms with Crippen LogP contribution in [0.5, 0.6) is 11.5 Å². The number of nitrogens with two attached hydrogens (primary N) is 1. The largest absolute Gasteiger partial charge is 0.456 e. The number of para-hydroxylation sites is 1. The number of carbonyl (C=O) groups is 1. The molecule has 2 aromatic rings. The van der Waals surface area contributed by atoms with Gasteiger partial charge in [-0.25, -0.2) is 0 Å². The summed E-state index contributed by atoms with van der Waals surface area (Å²) in [6.45, 7) is 6.05. The quantitative estimate of drug-likeness (QED) is 0.912. The Kier molecular flexibility index (Phi) is 3.56.